The zero-order chi connectivity index (χ0) is 29.7. The Bertz CT molecular complexity index is 1520. The summed E-state index contributed by atoms with van der Waals surface area (Å²) in [7, 11) is 1.41. The molecule has 5 rings (SSSR count). The van der Waals surface area contributed by atoms with Crippen LogP contribution in [-0.4, -0.2) is 29.5 Å². The summed E-state index contributed by atoms with van der Waals surface area (Å²) >= 11 is 0. The summed E-state index contributed by atoms with van der Waals surface area (Å²) in [5.41, 5.74) is -0.433. The Morgan fingerprint density at radius 2 is 1.76 bits per heavy atom. The molecular weight excluding hydrogens is 550 g/mol. The highest BCUT2D eigenvalue weighted by Crippen LogP contribution is 2.33. The van der Waals surface area contributed by atoms with Gasteiger partial charge in [-0.15, -0.1) is 5.10 Å². The summed E-state index contributed by atoms with van der Waals surface area (Å²) in [6.45, 7) is 1.34. The molecule has 1 aliphatic rings. The molecule has 1 aliphatic carbocycles. The number of halogens is 6. The first-order chi connectivity index (χ1) is 19.4. The molecule has 0 bridgehead atoms. The van der Waals surface area contributed by atoms with Gasteiger partial charge in [-0.05, 0) is 61.6 Å². The zero-order valence-corrected chi connectivity index (χ0v) is 22.4. The summed E-state index contributed by atoms with van der Waals surface area (Å²) in [5, 5.41) is 7.86. The number of aryl methyl sites for hydroxylation is 2. The van der Waals surface area contributed by atoms with Crippen molar-refractivity contribution in [3.8, 4) is 11.5 Å². The molecule has 0 unspecified atom stereocenters. The third kappa shape index (κ3) is 7.39. The Morgan fingerprint density at radius 1 is 1.02 bits per heavy atom. The molecule has 4 aromatic rings. The Morgan fingerprint density at radius 3 is 2.34 bits per heavy atom. The Labute approximate surface area is 231 Å². The maximum atomic E-state index is 13.5. The number of hydrogen-bond acceptors (Lipinski definition) is 5. The van der Waals surface area contributed by atoms with Crippen molar-refractivity contribution in [1.82, 2.24) is 29.5 Å². The van der Waals surface area contributed by atoms with Crippen LogP contribution in [-0.2, 0) is 19.8 Å². The van der Waals surface area contributed by atoms with Gasteiger partial charge in [0.1, 0.15) is 11.5 Å². The molecule has 218 valence electrons. The SMILES string of the molecule is Cc1cccc(F)c1.Cn1nc(C(F)F)nc1-c1cc(C2CCCCC2)c(=O)n(Cc2ncccc2C(F)(F)F)n1. The van der Waals surface area contributed by atoms with Crippen molar-refractivity contribution in [3.05, 3.63) is 93.0 Å². The molecule has 0 spiro atoms. The van der Waals surface area contributed by atoms with Crippen LogP contribution in [0.15, 0.2) is 53.5 Å². The van der Waals surface area contributed by atoms with Crippen molar-refractivity contribution in [2.75, 3.05) is 0 Å². The van der Waals surface area contributed by atoms with E-state index in [0.717, 1.165) is 59.2 Å². The minimum Gasteiger partial charge on any atom is -0.267 e. The fourth-order valence-corrected chi connectivity index (χ4v) is 4.77. The maximum absolute atomic E-state index is 13.5. The first-order valence-electron chi connectivity index (χ1n) is 13.0. The number of aromatic nitrogens is 6. The van der Waals surface area contributed by atoms with Crippen molar-refractivity contribution >= 4 is 0 Å². The highest BCUT2D eigenvalue weighted by atomic mass is 19.4. The van der Waals surface area contributed by atoms with Gasteiger partial charge in [0.15, 0.2) is 5.82 Å². The number of hydrogen-bond donors (Lipinski definition) is 0. The average Bonchev–Trinajstić information content (AvgIpc) is 3.32. The van der Waals surface area contributed by atoms with E-state index in [0.29, 0.717) is 5.56 Å². The van der Waals surface area contributed by atoms with Crippen LogP contribution in [0.4, 0.5) is 26.3 Å². The number of nitrogens with zero attached hydrogens (tertiary/aromatic N) is 6. The predicted molar refractivity (Wildman–Crippen MR) is 139 cm³/mol. The first-order valence-corrected chi connectivity index (χ1v) is 13.0. The van der Waals surface area contributed by atoms with E-state index >= 15 is 0 Å². The standard InChI is InChI=1S/C21H21F5N6O.C7H7F/c1-31-19(28-18(30-31)17(22)23)15-10-13(12-6-3-2-4-7-12)20(33)32(29-15)11-16-14(21(24,25)26)8-5-9-27-16;1-6-3-2-4-7(8)5-6/h5,8-10,12,17H,2-4,6-7,11H2,1H3;2-5H,1H3. The number of pyridine rings is 1. The molecule has 0 atom stereocenters. The van der Waals surface area contributed by atoms with Gasteiger partial charge in [0.05, 0.1) is 17.8 Å². The van der Waals surface area contributed by atoms with Crippen molar-refractivity contribution < 1.29 is 26.3 Å². The van der Waals surface area contributed by atoms with E-state index in [1.54, 1.807) is 6.07 Å². The fourth-order valence-electron chi connectivity index (χ4n) is 4.77. The van der Waals surface area contributed by atoms with Gasteiger partial charge in [-0.2, -0.15) is 18.3 Å². The van der Waals surface area contributed by atoms with Crippen LogP contribution in [0.1, 0.15) is 72.7 Å². The van der Waals surface area contributed by atoms with E-state index in [1.165, 1.54) is 31.4 Å². The number of rotatable bonds is 5. The minimum atomic E-state index is -4.66. The van der Waals surface area contributed by atoms with Crippen molar-refractivity contribution in [1.29, 1.82) is 0 Å². The summed E-state index contributed by atoms with van der Waals surface area (Å²) in [5.74, 6) is -0.971. The summed E-state index contributed by atoms with van der Waals surface area (Å²) in [4.78, 5) is 20.9. The van der Waals surface area contributed by atoms with Crippen LogP contribution in [0.25, 0.3) is 11.5 Å². The fraction of sp³-hybridized carbons (Fsp3) is 0.393. The summed E-state index contributed by atoms with van der Waals surface area (Å²) in [6.07, 6.45) is -2.00. The molecule has 0 N–H and O–H groups in total. The average molecular weight is 579 g/mol. The minimum absolute atomic E-state index is 0.00632. The van der Waals surface area contributed by atoms with Crippen LogP contribution >= 0.6 is 0 Å². The second-order valence-corrected chi connectivity index (χ2v) is 9.80. The molecule has 3 aromatic heterocycles. The Kier molecular flexibility index (Phi) is 9.24. The molecule has 1 aromatic carbocycles. The van der Waals surface area contributed by atoms with Crippen molar-refractivity contribution in [2.24, 2.45) is 7.05 Å². The Balaban J connectivity index is 0.000000417. The van der Waals surface area contributed by atoms with Gasteiger partial charge in [0.25, 0.3) is 12.0 Å². The van der Waals surface area contributed by atoms with Gasteiger partial charge in [-0.1, -0.05) is 31.4 Å². The van der Waals surface area contributed by atoms with Crippen LogP contribution in [0.3, 0.4) is 0 Å². The van der Waals surface area contributed by atoms with Gasteiger partial charge < -0.3 is 0 Å². The first kappa shape index (κ1) is 29.9. The molecule has 0 aliphatic heterocycles. The summed E-state index contributed by atoms with van der Waals surface area (Å²) in [6, 6.07) is 10.0. The third-order valence-corrected chi connectivity index (χ3v) is 6.73. The monoisotopic (exact) mass is 578 g/mol. The normalized spacial score (nSPS) is 14.2. The molecule has 0 amide bonds. The maximum Gasteiger partial charge on any atom is 0.418 e. The van der Waals surface area contributed by atoms with E-state index in [-0.39, 0.29) is 28.9 Å². The molecule has 0 saturated heterocycles. The predicted octanol–water partition coefficient (Wildman–Crippen LogP) is 6.62. The highest BCUT2D eigenvalue weighted by molar-refractivity contribution is 5.50. The van der Waals surface area contributed by atoms with E-state index in [1.807, 2.05) is 13.0 Å². The van der Waals surface area contributed by atoms with Crippen molar-refractivity contribution in [2.45, 2.75) is 64.1 Å². The van der Waals surface area contributed by atoms with Gasteiger partial charge in [0.2, 0.25) is 5.82 Å². The molecule has 0 radical (unpaired) electrons. The lowest BCUT2D eigenvalue weighted by molar-refractivity contribution is -0.138. The third-order valence-electron chi connectivity index (χ3n) is 6.73. The van der Waals surface area contributed by atoms with Crippen LogP contribution in [0, 0.1) is 12.7 Å². The Hall–Kier alpha value is -4.03. The van der Waals surface area contributed by atoms with Crippen LogP contribution in [0.5, 0.6) is 0 Å². The quantitative estimate of drug-likeness (QED) is 0.249. The number of benzene rings is 1. The van der Waals surface area contributed by atoms with E-state index in [4.69, 9.17) is 0 Å². The zero-order valence-electron chi connectivity index (χ0n) is 22.4. The lowest BCUT2D eigenvalue weighted by Gasteiger charge is -2.22. The van der Waals surface area contributed by atoms with Gasteiger partial charge in [-0.3, -0.25) is 9.78 Å². The molecule has 41 heavy (non-hydrogen) atoms. The van der Waals surface area contributed by atoms with E-state index < -0.39 is 36.1 Å². The largest absolute Gasteiger partial charge is 0.418 e. The van der Waals surface area contributed by atoms with Crippen LogP contribution < -0.4 is 5.56 Å². The topological polar surface area (TPSA) is 78.5 Å². The number of alkyl halides is 5. The molecule has 3 heterocycles. The molecule has 1 saturated carbocycles. The van der Waals surface area contributed by atoms with Gasteiger partial charge in [0, 0.05) is 18.8 Å². The molecule has 13 heteroatoms. The lowest BCUT2D eigenvalue weighted by Crippen LogP contribution is -2.30. The highest BCUT2D eigenvalue weighted by Gasteiger charge is 2.34. The van der Waals surface area contributed by atoms with Crippen LogP contribution in [0.2, 0.25) is 0 Å². The smallest absolute Gasteiger partial charge is 0.267 e. The van der Waals surface area contributed by atoms with Gasteiger partial charge in [-0.25, -0.2) is 27.5 Å². The second kappa shape index (κ2) is 12.6. The second-order valence-electron chi connectivity index (χ2n) is 9.80. The molecular formula is C28H28F6N6O. The van der Waals surface area contributed by atoms with E-state index in [2.05, 4.69) is 20.2 Å². The molecule has 7 nitrogen and oxygen atoms in total. The summed E-state index contributed by atoms with van der Waals surface area (Å²) < 4.78 is 80.8. The molecule has 1 fully saturated rings. The van der Waals surface area contributed by atoms with E-state index in [9.17, 15) is 31.1 Å². The lowest BCUT2D eigenvalue weighted by atomic mass is 9.84. The van der Waals surface area contributed by atoms with Gasteiger partial charge >= 0.3 is 6.18 Å². The van der Waals surface area contributed by atoms with Crippen molar-refractivity contribution in [3.63, 3.8) is 0 Å².